The second kappa shape index (κ2) is 6.05. The first kappa shape index (κ1) is 14.4. The first-order chi connectivity index (χ1) is 9.75. The van der Waals surface area contributed by atoms with Crippen LogP contribution in [0.25, 0.3) is 0 Å². The summed E-state index contributed by atoms with van der Waals surface area (Å²) < 4.78 is 0. The van der Waals surface area contributed by atoms with Crippen molar-refractivity contribution in [2.75, 3.05) is 19.6 Å². The zero-order valence-electron chi connectivity index (χ0n) is 13.0. The minimum Gasteiger partial charge on any atom is -0.342 e. The number of hydrogen-bond acceptors (Lipinski definition) is 2. The van der Waals surface area contributed by atoms with E-state index in [0.29, 0.717) is 17.9 Å². The van der Waals surface area contributed by atoms with E-state index in [4.69, 9.17) is 0 Å². The number of rotatable bonds is 3. The van der Waals surface area contributed by atoms with Crippen LogP contribution in [0.5, 0.6) is 0 Å². The van der Waals surface area contributed by atoms with Gasteiger partial charge in [-0.1, -0.05) is 19.8 Å². The van der Waals surface area contributed by atoms with Gasteiger partial charge in [-0.2, -0.15) is 0 Å². The fourth-order valence-electron chi connectivity index (χ4n) is 4.74. The number of piperidine rings is 1. The Bertz CT molecular complexity index is 343. The van der Waals surface area contributed by atoms with Gasteiger partial charge in [0.1, 0.15) is 0 Å². The number of likely N-dealkylation sites (tertiary alicyclic amines) is 1. The van der Waals surface area contributed by atoms with Crippen molar-refractivity contribution in [2.45, 2.75) is 70.8 Å². The molecule has 3 heteroatoms. The van der Waals surface area contributed by atoms with Gasteiger partial charge < -0.3 is 10.2 Å². The maximum Gasteiger partial charge on any atom is 0.228 e. The maximum absolute atomic E-state index is 13.0. The molecule has 0 radical (unpaired) electrons. The summed E-state index contributed by atoms with van der Waals surface area (Å²) in [6, 6.07) is 0.673. The highest BCUT2D eigenvalue weighted by molar-refractivity contribution is 5.83. The van der Waals surface area contributed by atoms with Gasteiger partial charge in [-0.25, -0.2) is 0 Å². The number of amides is 1. The van der Waals surface area contributed by atoms with Crippen LogP contribution < -0.4 is 5.32 Å². The van der Waals surface area contributed by atoms with Crippen LogP contribution >= 0.6 is 0 Å². The van der Waals surface area contributed by atoms with Gasteiger partial charge in [0.2, 0.25) is 5.91 Å². The molecule has 2 atom stereocenters. The molecule has 2 aliphatic heterocycles. The number of carbonyl (C=O) groups is 1. The lowest BCUT2D eigenvalue weighted by molar-refractivity contribution is -0.144. The quantitative estimate of drug-likeness (QED) is 0.861. The van der Waals surface area contributed by atoms with E-state index in [1.54, 1.807) is 0 Å². The molecule has 1 saturated carbocycles. The highest BCUT2D eigenvalue weighted by atomic mass is 16.2. The zero-order valence-corrected chi connectivity index (χ0v) is 13.0. The zero-order chi connectivity index (χ0) is 14.0. The van der Waals surface area contributed by atoms with E-state index in [9.17, 15) is 4.79 Å². The molecule has 3 rings (SSSR count). The third-order valence-corrected chi connectivity index (χ3v) is 6.10. The summed E-state index contributed by atoms with van der Waals surface area (Å²) in [5.41, 5.74) is 0.00495. The third-order valence-electron chi connectivity index (χ3n) is 6.10. The van der Waals surface area contributed by atoms with Gasteiger partial charge in [0.15, 0.2) is 0 Å². The van der Waals surface area contributed by atoms with Gasteiger partial charge in [-0.3, -0.25) is 4.79 Å². The molecule has 114 valence electrons. The van der Waals surface area contributed by atoms with Crippen molar-refractivity contribution < 1.29 is 4.79 Å². The van der Waals surface area contributed by atoms with Gasteiger partial charge in [0.25, 0.3) is 0 Å². The number of nitrogens with zero attached hydrogens (tertiary/aromatic N) is 1. The summed E-state index contributed by atoms with van der Waals surface area (Å²) >= 11 is 0. The highest BCUT2D eigenvalue weighted by Crippen LogP contribution is 2.43. The Morgan fingerprint density at radius 3 is 2.65 bits per heavy atom. The van der Waals surface area contributed by atoms with Crippen molar-refractivity contribution in [3.8, 4) is 0 Å². The Morgan fingerprint density at radius 2 is 2.00 bits per heavy atom. The molecule has 0 bridgehead atoms. The molecule has 2 saturated heterocycles. The first-order valence-corrected chi connectivity index (χ1v) is 8.78. The van der Waals surface area contributed by atoms with Crippen molar-refractivity contribution in [3.63, 3.8) is 0 Å². The Labute approximate surface area is 123 Å². The maximum atomic E-state index is 13.0. The molecular weight excluding hydrogens is 248 g/mol. The average molecular weight is 278 g/mol. The molecule has 3 fully saturated rings. The SMILES string of the molecule is CCC1(C(=O)N2CCCC(C3CCCN3)C2)CCCC1. The lowest BCUT2D eigenvalue weighted by atomic mass is 9.80. The summed E-state index contributed by atoms with van der Waals surface area (Å²) in [7, 11) is 0. The van der Waals surface area contributed by atoms with Crippen LogP contribution in [0.1, 0.15) is 64.7 Å². The minimum atomic E-state index is 0.00495. The molecule has 2 heterocycles. The van der Waals surface area contributed by atoms with Gasteiger partial charge in [0, 0.05) is 24.5 Å². The summed E-state index contributed by atoms with van der Waals surface area (Å²) in [6.07, 6.45) is 10.9. The highest BCUT2D eigenvalue weighted by Gasteiger charge is 2.43. The summed E-state index contributed by atoms with van der Waals surface area (Å²) in [5, 5.41) is 3.64. The number of hydrogen-bond donors (Lipinski definition) is 1. The van der Waals surface area contributed by atoms with E-state index < -0.39 is 0 Å². The second-order valence-electron chi connectivity index (χ2n) is 7.20. The van der Waals surface area contributed by atoms with Crippen molar-refractivity contribution in [1.82, 2.24) is 10.2 Å². The topological polar surface area (TPSA) is 32.3 Å². The van der Waals surface area contributed by atoms with Crippen LogP contribution in [0, 0.1) is 11.3 Å². The molecule has 1 N–H and O–H groups in total. The molecular formula is C17H30N2O. The van der Waals surface area contributed by atoms with Crippen LogP contribution in [0.3, 0.4) is 0 Å². The fraction of sp³-hybridized carbons (Fsp3) is 0.941. The number of carbonyl (C=O) groups excluding carboxylic acids is 1. The van der Waals surface area contributed by atoms with Gasteiger partial charge >= 0.3 is 0 Å². The average Bonchev–Trinajstić information content (AvgIpc) is 3.18. The predicted molar refractivity (Wildman–Crippen MR) is 81.5 cm³/mol. The minimum absolute atomic E-state index is 0.00495. The molecule has 1 aliphatic carbocycles. The van der Waals surface area contributed by atoms with E-state index in [0.717, 1.165) is 32.4 Å². The van der Waals surface area contributed by atoms with Crippen molar-refractivity contribution in [1.29, 1.82) is 0 Å². The van der Waals surface area contributed by atoms with Crippen LogP contribution in [0.15, 0.2) is 0 Å². The molecule has 0 aromatic heterocycles. The van der Waals surface area contributed by atoms with Gasteiger partial charge in [0.05, 0.1) is 0 Å². The lowest BCUT2D eigenvalue weighted by Gasteiger charge is -2.40. The smallest absolute Gasteiger partial charge is 0.228 e. The summed E-state index contributed by atoms with van der Waals surface area (Å²) in [4.78, 5) is 15.2. The standard InChI is InChI=1S/C17H30N2O/c1-2-17(9-3-4-10-17)16(20)19-12-6-7-14(13-19)15-8-5-11-18-15/h14-15,18H,2-13H2,1H3. The molecule has 2 unspecified atom stereocenters. The van der Waals surface area contributed by atoms with E-state index in [1.165, 1.54) is 45.1 Å². The van der Waals surface area contributed by atoms with Crippen molar-refractivity contribution in [3.05, 3.63) is 0 Å². The second-order valence-corrected chi connectivity index (χ2v) is 7.20. The molecule has 0 spiro atoms. The van der Waals surface area contributed by atoms with Crippen molar-refractivity contribution in [2.24, 2.45) is 11.3 Å². The van der Waals surface area contributed by atoms with E-state index in [1.807, 2.05) is 0 Å². The number of nitrogens with one attached hydrogen (secondary N) is 1. The summed E-state index contributed by atoms with van der Waals surface area (Å²) in [6.45, 7) is 5.40. The van der Waals surface area contributed by atoms with Crippen LogP contribution in [-0.2, 0) is 4.79 Å². The fourth-order valence-corrected chi connectivity index (χ4v) is 4.74. The van der Waals surface area contributed by atoms with Crippen LogP contribution in [-0.4, -0.2) is 36.5 Å². The predicted octanol–water partition coefficient (Wildman–Crippen LogP) is 2.95. The summed E-state index contributed by atoms with van der Waals surface area (Å²) in [5.74, 6) is 1.19. The molecule has 3 aliphatic rings. The molecule has 3 nitrogen and oxygen atoms in total. The van der Waals surface area contributed by atoms with Crippen LogP contribution in [0.2, 0.25) is 0 Å². The van der Waals surface area contributed by atoms with Gasteiger partial charge in [-0.15, -0.1) is 0 Å². The van der Waals surface area contributed by atoms with Crippen LogP contribution in [0.4, 0.5) is 0 Å². The lowest BCUT2D eigenvalue weighted by Crippen LogP contribution is -2.50. The largest absolute Gasteiger partial charge is 0.342 e. The molecule has 1 amide bonds. The Morgan fingerprint density at radius 1 is 1.20 bits per heavy atom. The molecule has 0 aromatic carbocycles. The first-order valence-electron chi connectivity index (χ1n) is 8.78. The Balaban J connectivity index is 1.65. The van der Waals surface area contributed by atoms with E-state index >= 15 is 0 Å². The van der Waals surface area contributed by atoms with Crippen molar-refractivity contribution >= 4 is 5.91 Å². The Kier molecular flexibility index (Phi) is 4.34. The van der Waals surface area contributed by atoms with Gasteiger partial charge in [-0.05, 0) is 57.4 Å². The third kappa shape index (κ3) is 2.61. The monoisotopic (exact) mass is 278 g/mol. The molecule has 0 aromatic rings. The normalized spacial score (nSPS) is 33.5. The van der Waals surface area contributed by atoms with E-state index in [-0.39, 0.29) is 5.41 Å². The Hall–Kier alpha value is -0.570. The van der Waals surface area contributed by atoms with E-state index in [2.05, 4.69) is 17.1 Å². The molecule has 20 heavy (non-hydrogen) atoms.